The van der Waals surface area contributed by atoms with E-state index in [9.17, 15) is 0 Å². The summed E-state index contributed by atoms with van der Waals surface area (Å²) < 4.78 is 0. The number of unbranched alkanes of at least 4 members (excludes halogenated alkanes) is 8. The van der Waals surface area contributed by atoms with Gasteiger partial charge in [0.2, 0.25) is 0 Å². The summed E-state index contributed by atoms with van der Waals surface area (Å²) in [5, 5.41) is 0. The highest BCUT2D eigenvalue weighted by Gasteiger charge is 2.31. The van der Waals surface area contributed by atoms with Gasteiger partial charge in [-0.05, 0) is 75.6 Å². The molecule has 2 aromatic carbocycles. The van der Waals surface area contributed by atoms with Gasteiger partial charge in [-0.15, -0.1) is 0 Å². The van der Waals surface area contributed by atoms with Gasteiger partial charge in [0.25, 0.3) is 0 Å². The van der Waals surface area contributed by atoms with Crippen LogP contribution in [0.25, 0.3) is 11.1 Å². The Labute approximate surface area is 310 Å². The van der Waals surface area contributed by atoms with E-state index in [0.717, 1.165) is 69.3 Å². The third-order valence-electron chi connectivity index (χ3n) is 10.1. The largest absolute Gasteiger partial charge is 0.399 e. The molecule has 0 saturated carbocycles. The van der Waals surface area contributed by atoms with E-state index in [0.29, 0.717) is 0 Å². The molecular formula is C44H80N6. The van der Waals surface area contributed by atoms with Gasteiger partial charge in [0.1, 0.15) is 0 Å². The number of nitrogen functional groups attached to an aromatic ring is 2. The second-order valence-corrected chi connectivity index (χ2v) is 14.6. The molecule has 0 fully saturated rings. The van der Waals surface area contributed by atoms with Crippen LogP contribution in [0.2, 0.25) is 0 Å². The first-order chi connectivity index (χ1) is 24.4. The summed E-state index contributed by atoms with van der Waals surface area (Å²) in [6, 6.07) is 8.70. The average molecular weight is 693 g/mol. The van der Waals surface area contributed by atoms with Gasteiger partial charge in [0.05, 0.1) is 22.7 Å². The third-order valence-corrected chi connectivity index (χ3v) is 10.1. The Balaban J connectivity index is 3.37. The molecular weight excluding hydrogens is 613 g/mol. The van der Waals surface area contributed by atoms with E-state index in [4.69, 9.17) is 11.5 Å². The maximum absolute atomic E-state index is 6.98. The lowest BCUT2D eigenvalue weighted by Crippen LogP contribution is -2.37. The Kier molecular flexibility index (Phi) is 21.9. The van der Waals surface area contributed by atoms with E-state index in [2.05, 4.69) is 87.1 Å². The minimum absolute atomic E-state index is 0.774. The molecule has 0 aliphatic rings. The van der Waals surface area contributed by atoms with Crippen LogP contribution in [0.3, 0.4) is 0 Å². The molecule has 50 heavy (non-hydrogen) atoms. The van der Waals surface area contributed by atoms with E-state index < -0.39 is 0 Å². The molecule has 0 bridgehead atoms. The second kappa shape index (κ2) is 25.2. The maximum atomic E-state index is 6.98. The lowest BCUT2D eigenvalue weighted by atomic mass is 9.94. The third kappa shape index (κ3) is 13.1. The van der Waals surface area contributed by atoms with E-state index >= 15 is 0 Å². The van der Waals surface area contributed by atoms with Crippen molar-refractivity contribution in [2.24, 2.45) is 0 Å². The van der Waals surface area contributed by atoms with E-state index in [1.54, 1.807) is 0 Å². The summed E-state index contributed by atoms with van der Waals surface area (Å²) in [7, 11) is 0. The Bertz CT molecular complexity index is 1150. The Morgan fingerprint density at radius 2 is 0.720 bits per heavy atom. The van der Waals surface area contributed by atoms with Gasteiger partial charge in [0, 0.05) is 74.9 Å². The number of rotatable bonds is 29. The van der Waals surface area contributed by atoms with Gasteiger partial charge >= 0.3 is 0 Å². The molecule has 0 aliphatic heterocycles. The van der Waals surface area contributed by atoms with Gasteiger partial charge < -0.3 is 31.1 Å². The van der Waals surface area contributed by atoms with Crippen LogP contribution < -0.4 is 31.1 Å². The lowest BCUT2D eigenvalue weighted by Gasteiger charge is -2.42. The number of benzene rings is 2. The fraction of sp³-hybridized carbons (Fsp3) is 0.727. The van der Waals surface area contributed by atoms with Gasteiger partial charge in [-0.2, -0.15) is 0 Å². The minimum atomic E-state index is 0.774. The second-order valence-electron chi connectivity index (χ2n) is 14.6. The molecule has 2 rings (SSSR count). The fourth-order valence-corrected chi connectivity index (χ4v) is 6.97. The first-order valence-electron chi connectivity index (χ1n) is 21.2. The first kappa shape index (κ1) is 43.4. The Hall–Kier alpha value is -2.76. The molecule has 2 aromatic rings. The number of nitrogens with two attached hydrogens (primary N) is 2. The van der Waals surface area contributed by atoms with Crippen LogP contribution in [0, 0.1) is 0 Å². The maximum Gasteiger partial charge on any atom is 0.0869 e. The van der Waals surface area contributed by atoms with Crippen molar-refractivity contribution < 1.29 is 0 Å². The zero-order valence-corrected chi connectivity index (χ0v) is 34.2. The quantitative estimate of drug-likeness (QED) is 0.0827. The summed E-state index contributed by atoms with van der Waals surface area (Å²) in [5.74, 6) is 0. The smallest absolute Gasteiger partial charge is 0.0869 e. The molecule has 0 saturated heterocycles. The summed E-state index contributed by atoms with van der Waals surface area (Å²) in [6.45, 7) is 27.3. The number of anilines is 6. The van der Waals surface area contributed by atoms with E-state index in [-0.39, 0.29) is 0 Å². The molecule has 0 unspecified atom stereocenters. The lowest BCUT2D eigenvalue weighted by molar-refractivity contribution is 0.647. The molecule has 0 spiro atoms. The first-order valence-corrected chi connectivity index (χ1v) is 21.2. The van der Waals surface area contributed by atoms with Crippen LogP contribution in [0.15, 0.2) is 24.3 Å². The Morgan fingerprint density at radius 1 is 0.380 bits per heavy atom. The molecule has 0 radical (unpaired) electrons. The van der Waals surface area contributed by atoms with Crippen molar-refractivity contribution in [2.75, 3.05) is 83.4 Å². The predicted octanol–water partition coefficient (Wildman–Crippen LogP) is 12.1. The van der Waals surface area contributed by atoms with E-state index in [1.807, 2.05) is 12.1 Å². The Morgan fingerprint density at radius 3 is 1.10 bits per heavy atom. The summed E-state index contributed by atoms with van der Waals surface area (Å²) in [5.41, 5.74) is 23.2. The van der Waals surface area contributed by atoms with Crippen molar-refractivity contribution in [3.8, 4) is 11.1 Å². The predicted molar refractivity (Wildman–Crippen MR) is 229 cm³/mol. The summed E-state index contributed by atoms with van der Waals surface area (Å²) >= 11 is 0. The number of nitrogens with zero attached hydrogens (tertiary/aromatic N) is 4. The van der Waals surface area contributed by atoms with Crippen LogP contribution in [-0.2, 0) is 0 Å². The molecule has 6 nitrogen and oxygen atoms in total. The van der Waals surface area contributed by atoms with Crippen molar-refractivity contribution >= 4 is 34.1 Å². The van der Waals surface area contributed by atoms with Crippen LogP contribution in [0.5, 0.6) is 0 Å². The topological polar surface area (TPSA) is 65.0 Å². The van der Waals surface area contributed by atoms with Gasteiger partial charge in [-0.1, -0.05) is 107 Å². The molecule has 6 heteroatoms. The highest BCUT2D eigenvalue weighted by atomic mass is 15.3. The SMILES string of the molecule is CCCCN(CCCC)c1cc(-c2cc(N)ccc2N)c(N(CCCC)CCCC)c(N(CCCC)CCCC)c1N(CCCC)CCCC. The van der Waals surface area contributed by atoms with Gasteiger partial charge in [-0.25, -0.2) is 0 Å². The van der Waals surface area contributed by atoms with Crippen molar-refractivity contribution in [3.63, 3.8) is 0 Å². The van der Waals surface area contributed by atoms with Crippen molar-refractivity contribution in [2.45, 2.75) is 158 Å². The zero-order chi connectivity index (χ0) is 36.7. The van der Waals surface area contributed by atoms with Gasteiger partial charge in [0.15, 0.2) is 0 Å². The molecule has 286 valence electrons. The molecule has 0 aliphatic carbocycles. The average Bonchev–Trinajstić information content (AvgIpc) is 3.12. The van der Waals surface area contributed by atoms with Crippen LogP contribution >= 0.6 is 0 Å². The standard InChI is InChI=1S/C44H80N6/c1-9-17-27-47(28-18-10-2)41-36-39(38-35-37(45)25-26-40(38)46)42(48(29-19-11-3)30-20-12-4)44(50(33-23-15-7)34-24-16-8)43(41)49(31-21-13-5)32-22-14-6/h25-26,35-36H,9-24,27-34,45-46H2,1-8H3. The summed E-state index contributed by atoms with van der Waals surface area (Å²) in [4.78, 5) is 11.2. The molecule has 4 N–H and O–H groups in total. The highest BCUT2D eigenvalue weighted by molar-refractivity contribution is 6.04. The molecule has 0 atom stereocenters. The van der Waals surface area contributed by atoms with Crippen molar-refractivity contribution in [3.05, 3.63) is 24.3 Å². The van der Waals surface area contributed by atoms with Crippen molar-refractivity contribution in [1.82, 2.24) is 0 Å². The van der Waals surface area contributed by atoms with E-state index in [1.165, 1.54) is 131 Å². The molecule has 0 aromatic heterocycles. The fourth-order valence-electron chi connectivity index (χ4n) is 6.97. The minimum Gasteiger partial charge on any atom is -0.399 e. The molecule has 0 heterocycles. The van der Waals surface area contributed by atoms with Crippen molar-refractivity contribution in [1.29, 1.82) is 0 Å². The summed E-state index contributed by atoms with van der Waals surface area (Å²) in [6.07, 6.45) is 19.0. The normalized spacial score (nSPS) is 11.3. The highest BCUT2D eigenvalue weighted by Crippen LogP contribution is 2.53. The van der Waals surface area contributed by atoms with Crippen LogP contribution in [-0.4, -0.2) is 52.4 Å². The zero-order valence-electron chi connectivity index (χ0n) is 34.2. The van der Waals surface area contributed by atoms with Crippen LogP contribution in [0.4, 0.5) is 34.1 Å². The molecule has 0 amide bonds. The number of hydrogen-bond donors (Lipinski definition) is 2. The van der Waals surface area contributed by atoms with Crippen LogP contribution in [0.1, 0.15) is 158 Å². The number of hydrogen-bond acceptors (Lipinski definition) is 6. The monoisotopic (exact) mass is 693 g/mol. The van der Waals surface area contributed by atoms with Gasteiger partial charge in [-0.3, -0.25) is 0 Å².